The number of hydrogen-bond acceptors (Lipinski definition) is 2. The van der Waals surface area contributed by atoms with E-state index >= 15 is 0 Å². The van der Waals surface area contributed by atoms with Crippen LogP contribution in [-0.2, 0) is 4.79 Å². The van der Waals surface area contributed by atoms with Crippen molar-refractivity contribution in [1.82, 2.24) is 5.32 Å². The summed E-state index contributed by atoms with van der Waals surface area (Å²) in [6.07, 6.45) is 0.889. The molecule has 1 aromatic carbocycles. The van der Waals surface area contributed by atoms with Crippen LogP contribution in [0.3, 0.4) is 0 Å². The number of benzene rings is 1. The number of nitrogens with one attached hydrogen (secondary N) is 1. The standard InChI is InChI=1S/C14H21ClN2O/c1-4-9(2)13(16)14(18)17-10(3)11-6-5-7-12(15)8-11/h5-10,13H,4,16H2,1-3H3,(H,17,18)/t9-,10+,13-/m0/s1. The Labute approximate surface area is 114 Å². The van der Waals surface area contributed by atoms with Crippen molar-refractivity contribution in [2.75, 3.05) is 0 Å². The molecule has 0 unspecified atom stereocenters. The van der Waals surface area contributed by atoms with Crippen molar-refractivity contribution < 1.29 is 4.79 Å². The first-order chi connectivity index (χ1) is 8.45. The van der Waals surface area contributed by atoms with E-state index in [0.29, 0.717) is 5.02 Å². The molecule has 0 saturated carbocycles. The minimum Gasteiger partial charge on any atom is -0.348 e. The predicted octanol–water partition coefficient (Wildman–Crippen LogP) is 2.89. The van der Waals surface area contributed by atoms with Gasteiger partial charge in [-0.25, -0.2) is 0 Å². The maximum atomic E-state index is 11.9. The molecule has 0 saturated heterocycles. The third-order valence-electron chi connectivity index (χ3n) is 3.27. The molecule has 3 atom stereocenters. The molecule has 0 radical (unpaired) electrons. The Morgan fingerprint density at radius 2 is 2.11 bits per heavy atom. The fourth-order valence-corrected chi connectivity index (χ4v) is 1.88. The van der Waals surface area contributed by atoms with Gasteiger partial charge in [-0.1, -0.05) is 44.0 Å². The summed E-state index contributed by atoms with van der Waals surface area (Å²) in [4.78, 5) is 11.9. The molecule has 3 nitrogen and oxygen atoms in total. The van der Waals surface area contributed by atoms with Crippen molar-refractivity contribution in [1.29, 1.82) is 0 Å². The largest absolute Gasteiger partial charge is 0.348 e. The molecule has 1 amide bonds. The van der Waals surface area contributed by atoms with Crippen LogP contribution in [0.5, 0.6) is 0 Å². The predicted molar refractivity (Wildman–Crippen MR) is 75.4 cm³/mol. The summed E-state index contributed by atoms with van der Waals surface area (Å²) in [7, 11) is 0. The molecule has 4 heteroatoms. The minimum atomic E-state index is -0.461. The highest BCUT2D eigenvalue weighted by Crippen LogP contribution is 2.17. The second kappa shape index (κ2) is 6.76. The normalized spacial score (nSPS) is 15.8. The van der Waals surface area contributed by atoms with Gasteiger partial charge in [0.25, 0.3) is 0 Å². The third-order valence-corrected chi connectivity index (χ3v) is 3.50. The molecule has 0 aliphatic heterocycles. The van der Waals surface area contributed by atoms with Crippen LogP contribution in [0.4, 0.5) is 0 Å². The van der Waals surface area contributed by atoms with E-state index in [0.717, 1.165) is 12.0 Å². The molecule has 0 heterocycles. The van der Waals surface area contributed by atoms with E-state index in [2.05, 4.69) is 5.32 Å². The molecule has 0 fully saturated rings. The second-order valence-corrected chi connectivity index (χ2v) is 5.13. The molecule has 0 bridgehead atoms. The van der Waals surface area contributed by atoms with Gasteiger partial charge in [0.2, 0.25) is 5.91 Å². The van der Waals surface area contributed by atoms with Crippen LogP contribution >= 0.6 is 11.6 Å². The molecule has 1 rings (SSSR count). The molecular weight excluding hydrogens is 248 g/mol. The minimum absolute atomic E-state index is 0.0914. The van der Waals surface area contributed by atoms with Gasteiger partial charge in [-0.05, 0) is 30.5 Å². The third kappa shape index (κ3) is 4.00. The number of carbonyl (C=O) groups is 1. The van der Waals surface area contributed by atoms with Gasteiger partial charge in [-0.3, -0.25) is 4.79 Å². The van der Waals surface area contributed by atoms with Crippen LogP contribution in [0.2, 0.25) is 5.02 Å². The Bertz CT molecular complexity index is 409. The highest BCUT2D eigenvalue weighted by atomic mass is 35.5. The van der Waals surface area contributed by atoms with Crippen molar-refractivity contribution in [2.45, 2.75) is 39.3 Å². The lowest BCUT2D eigenvalue weighted by molar-refractivity contribution is -0.124. The fraction of sp³-hybridized carbons (Fsp3) is 0.500. The van der Waals surface area contributed by atoms with E-state index in [9.17, 15) is 4.79 Å². The summed E-state index contributed by atoms with van der Waals surface area (Å²) in [6, 6.07) is 6.91. The molecule has 0 aliphatic carbocycles. The molecular formula is C14H21ClN2O. The maximum Gasteiger partial charge on any atom is 0.237 e. The van der Waals surface area contributed by atoms with E-state index in [1.807, 2.05) is 45.0 Å². The van der Waals surface area contributed by atoms with Crippen molar-refractivity contribution in [3.63, 3.8) is 0 Å². The van der Waals surface area contributed by atoms with Gasteiger partial charge in [0.1, 0.15) is 0 Å². The summed E-state index contributed by atoms with van der Waals surface area (Å²) < 4.78 is 0. The molecule has 1 aromatic rings. The van der Waals surface area contributed by atoms with Gasteiger partial charge >= 0.3 is 0 Å². The SMILES string of the molecule is CC[C@H](C)[C@H](N)C(=O)N[C@H](C)c1cccc(Cl)c1. The number of halogens is 1. The van der Waals surface area contributed by atoms with Crippen molar-refractivity contribution in [2.24, 2.45) is 11.7 Å². The highest BCUT2D eigenvalue weighted by molar-refractivity contribution is 6.30. The average Bonchev–Trinajstić information content (AvgIpc) is 2.36. The van der Waals surface area contributed by atoms with Crippen molar-refractivity contribution in [3.8, 4) is 0 Å². The molecule has 0 spiro atoms. The topological polar surface area (TPSA) is 55.1 Å². The summed E-state index contributed by atoms with van der Waals surface area (Å²) in [5.41, 5.74) is 6.87. The zero-order chi connectivity index (χ0) is 13.7. The van der Waals surface area contributed by atoms with E-state index in [-0.39, 0.29) is 17.9 Å². The first-order valence-electron chi connectivity index (χ1n) is 6.27. The van der Waals surface area contributed by atoms with Gasteiger partial charge in [0.05, 0.1) is 12.1 Å². The number of rotatable bonds is 5. The van der Waals surface area contributed by atoms with Gasteiger partial charge < -0.3 is 11.1 Å². The first-order valence-corrected chi connectivity index (χ1v) is 6.65. The van der Waals surface area contributed by atoms with Gasteiger partial charge in [0, 0.05) is 5.02 Å². The molecule has 0 aliphatic rings. The Kier molecular flexibility index (Phi) is 5.63. The van der Waals surface area contributed by atoms with Crippen LogP contribution < -0.4 is 11.1 Å². The quantitative estimate of drug-likeness (QED) is 0.863. The molecule has 0 aromatic heterocycles. The monoisotopic (exact) mass is 268 g/mol. The second-order valence-electron chi connectivity index (χ2n) is 4.70. The lowest BCUT2D eigenvalue weighted by Crippen LogP contribution is -2.45. The number of hydrogen-bond donors (Lipinski definition) is 2. The lowest BCUT2D eigenvalue weighted by atomic mass is 9.98. The van der Waals surface area contributed by atoms with Crippen LogP contribution in [0.25, 0.3) is 0 Å². The van der Waals surface area contributed by atoms with Crippen molar-refractivity contribution in [3.05, 3.63) is 34.9 Å². The Morgan fingerprint density at radius 3 is 2.67 bits per heavy atom. The summed E-state index contributed by atoms with van der Waals surface area (Å²) in [6.45, 7) is 5.93. The van der Waals surface area contributed by atoms with Crippen LogP contribution in [-0.4, -0.2) is 11.9 Å². The van der Waals surface area contributed by atoms with Crippen LogP contribution in [0, 0.1) is 5.92 Å². The Hall–Kier alpha value is -1.06. The molecule has 100 valence electrons. The number of carbonyl (C=O) groups excluding carboxylic acids is 1. The summed E-state index contributed by atoms with van der Waals surface area (Å²) in [5.74, 6) is 0.0633. The van der Waals surface area contributed by atoms with Gasteiger partial charge in [0.15, 0.2) is 0 Å². The Morgan fingerprint density at radius 1 is 1.44 bits per heavy atom. The Balaban J connectivity index is 2.65. The van der Waals surface area contributed by atoms with E-state index in [1.54, 1.807) is 0 Å². The fourth-order valence-electron chi connectivity index (χ4n) is 1.68. The van der Waals surface area contributed by atoms with E-state index in [4.69, 9.17) is 17.3 Å². The highest BCUT2D eigenvalue weighted by Gasteiger charge is 2.21. The van der Waals surface area contributed by atoms with Crippen LogP contribution in [0.15, 0.2) is 24.3 Å². The average molecular weight is 269 g/mol. The maximum absolute atomic E-state index is 11.9. The van der Waals surface area contributed by atoms with Gasteiger partial charge in [-0.15, -0.1) is 0 Å². The van der Waals surface area contributed by atoms with Crippen LogP contribution in [0.1, 0.15) is 38.8 Å². The first kappa shape index (κ1) is 15.0. The zero-order valence-electron chi connectivity index (χ0n) is 11.1. The number of nitrogens with two attached hydrogens (primary N) is 1. The van der Waals surface area contributed by atoms with E-state index < -0.39 is 6.04 Å². The molecule has 3 N–H and O–H groups in total. The summed E-state index contributed by atoms with van der Waals surface area (Å²) >= 11 is 5.92. The smallest absolute Gasteiger partial charge is 0.237 e. The summed E-state index contributed by atoms with van der Waals surface area (Å²) in [5, 5.41) is 3.58. The number of amides is 1. The zero-order valence-corrected chi connectivity index (χ0v) is 11.9. The lowest BCUT2D eigenvalue weighted by Gasteiger charge is -2.21. The van der Waals surface area contributed by atoms with E-state index in [1.165, 1.54) is 0 Å². The van der Waals surface area contributed by atoms with Crippen molar-refractivity contribution >= 4 is 17.5 Å². The molecule has 18 heavy (non-hydrogen) atoms. The van der Waals surface area contributed by atoms with Gasteiger partial charge in [-0.2, -0.15) is 0 Å².